The third-order valence-electron chi connectivity index (χ3n) is 7.04. The number of alkyl carbamates (subject to hydrolysis) is 2. The van der Waals surface area contributed by atoms with Crippen LogP contribution in [0.1, 0.15) is 43.4 Å². The average Bonchev–Trinajstić information content (AvgIpc) is 3.34. The lowest BCUT2D eigenvalue weighted by Gasteiger charge is -2.27. The normalized spacial score (nSPS) is 12.6. The smallest absolute Gasteiger partial charge is 0.410 e. The highest BCUT2D eigenvalue weighted by Gasteiger charge is 2.31. The molecule has 0 saturated heterocycles. The van der Waals surface area contributed by atoms with Gasteiger partial charge in [-0.1, -0.05) is 78.9 Å². The summed E-state index contributed by atoms with van der Waals surface area (Å²) in [5.74, 6) is -0.890. The van der Waals surface area contributed by atoms with Crippen LogP contribution in [0, 0.1) is 0 Å². The van der Waals surface area contributed by atoms with Gasteiger partial charge in [0.05, 0.1) is 13.7 Å². The first kappa shape index (κ1) is 32.8. The van der Waals surface area contributed by atoms with Gasteiger partial charge >= 0.3 is 24.2 Å². The van der Waals surface area contributed by atoms with Gasteiger partial charge in [-0.3, -0.25) is 0 Å². The minimum absolute atomic E-state index is 0.0155. The Morgan fingerprint density at radius 2 is 1.42 bits per heavy atom. The van der Waals surface area contributed by atoms with E-state index in [9.17, 15) is 19.2 Å². The molecule has 0 spiro atoms. The lowest BCUT2D eigenvalue weighted by molar-refractivity contribution is -0.143. The molecule has 3 aromatic carbocycles. The van der Waals surface area contributed by atoms with Crippen LogP contribution in [-0.2, 0) is 30.3 Å². The third kappa shape index (κ3) is 9.21. The van der Waals surface area contributed by atoms with Crippen molar-refractivity contribution in [3.05, 3.63) is 95.6 Å². The number of carbonyl (C=O) groups excluding carboxylic acids is 4. The molecule has 0 bridgehead atoms. The molecule has 238 valence electrons. The second-order valence-corrected chi connectivity index (χ2v) is 11.5. The number of amides is 3. The molecule has 1 atom stereocenters. The summed E-state index contributed by atoms with van der Waals surface area (Å²) in [5, 5.41) is 5.12. The summed E-state index contributed by atoms with van der Waals surface area (Å²) in [7, 11) is 1.17. The van der Waals surface area contributed by atoms with Crippen molar-refractivity contribution in [3.63, 3.8) is 0 Å². The van der Waals surface area contributed by atoms with Gasteiger partial charge in [-0.2, -0.15) is 0 Å². The molecule has 0 saturated carbocycles. The zero-order chi connectivity index (χ0) is 32.4. The maximum Gasteiger partial charge on any atom is 0.410 e. The van der Waals surface area contributed by atoms with E-state index in [1.54, 1.807) is 32.9 Å². The Kier molecular flexibility index (Phi) is 11.0. The van der Waals surface area contributed by atoms with E-state index in [2.05, 4.69) is 22.8 Å². The zero-order valence-electron chi connectivity index (χ0n) is 25.9. The SMILES string of the molecule is COC(=O)C(CN(CCNC(=O)OCC1c2ccccc2-c2ccccc21)C(=O)OCc1ccccc1)NC(=O)OC(C)(C)C. The van der Waals surface area contributed by atoms with Crippen LogP contribution in [0.4, 0.5) is 14.4 Å². The molecular formula is C34H39N3O8. The largest absolute Gasteiger partial charge is 0.467 e. The van der Waals surface area contributed by atoms with Crippen molar-refractivity contribution < 1.29 is 38.1 Å². The number of fused-ring (bicyclic) bond motifs is 3. The Morgan fingerprint density at radius 1 is 0.822 bits per heavy atom. The second-order valence-electron chi connectivity index (χ2n) is 11.5. The lowest BCUT2D eigenvalue weighted by atomic mass is 9.98. The molecule has 11 nitrogen and oxygen atoms in total. The Hall–Kier alpha value is -5.06. The number of nitrogens with zero attached hydrogens (tertiary/aromatic N) is 1. The summed E-state index contributed by atoms with van der Waals surface area (Å²) in [5.41, 5.74) is 4.36. The molecule has 0 radical (unpaired) electrons. The van der Waals surface area contributed by atoms with Crippen LogP contribution in [0.3, 0.4) is 0 Å². The van der Waals surface area contributed by atoms with E-state index in [4.69, 9.17) is 18.9 Å². The van der Waals surface area contributed by atoms with E-state index in [-0.39, 0.29) is 38.8 Å². The number of carbonyl (C=O) groups is 4. The highest BCUT2D eigenvalue weighted by atomic mass is 16.6. The number of esters is 1. The molecule has 1 aliphatic rings. The summed E-state index contributed by atoms with van der Waals surface area (Å²) < 4.78 is 21.2. The van der Waals surface area contributed by atoms with Crippen molar-refractivity contribution >= 4 is 24.2 Å². The number of rotatable bonds is 11. The number of nitrogens with one attached hydrogen (secondary N) is 2. The average molecular weight is 618 g/mol. The van der Waals surface area contributed by atoms with Crippen molar-refractivity contribution in [2.75, 3.05) is 33.4 Å². The topological polar surface area (TPSA) is 132 Å². The molecule has 3 aromatic rings. The van der Waals surface area contributed by atoms with E-state index in [0.29, 0.717) is 0 Å². The van der Waals surface area contributed by atoms with Gasteiger partial charge in [0, 0.05) is 19.0 Å². The molecule has 2 N–H and O–H groups in total. The minimum atomic E-state index is -1.26. The Balaban J connectivity index is 1.38. The molecule has 0 heterocycles. The summed E-state index contributed by atoms with van der Waals surface area (Å²) >= 11 is 0. The van der Waals surface area contributed by atoms with Gasteiger partial charge in [-0.25, -0.2) is 19.2 Å². The van der Waals surface area contributed by atoms with Gasteiger partial charge in [0.1, 0.15) is 24.9 Å². The molecule has 1 unspecified atom stereocenters. The van der Waals surface area contributed by atoms with Crippen molar-refractivity contribution in [1.29, 1.82) is 0 Å². The molecule has 45 heavy (non-hydrogen) atoms. The zero-order valence-corrected chi connectivity index (χ0v) is 25.9. The van der Waals surface area contributed by atoms with Crippen molar-refractivity contribution in [1.82, 2.24) is 15.5 Å². The Bertz CT molecular complexity index is 1440. The molecule has 3 amide bonds. The van der Waals surface area contributed by atoms with Crippen LogP contribution >= 0.6 is 0 Å². The lowest BCUT2D eigenvalue weighted by Crippen LogP contribution is -2.52. The number of hydrogen-bond acceptors (Lipinski definition) is 8. The van der Waals surface area contributed by atoms with Crippen LogP contribution < -0.4 is 10.6 Å². The fourth-order valence-electron chi connectivity index (χ4n) is 5.00. The van der Waals surface area contributed by atoms with Gasteiger partial charge in [-0.15, -0.1) is 0 Å². The van der Waals surface area contributed by atoms with Gasteiger partial charge in [0.15, 0.2) is 0 Å². The molecule has 0 aromatic heterocycles. The minimum Gasteiger partial charge on any atom is -0.467 e. The summed E-state index contributed by atoms with van der Waals surface area (Å²) in [4.78, 5) is 52.1. The van der Waals surface area contributed by atoms with Gasteiger partial charge in [0.25, 0.3) is 0 Å². The van der Waals surface area contributed by atoms with Gasteiger partial charge < -0.3 is 34.5 Å². The Labute approximate surface area is 262 Å². The first-order valence-electron chi connectivity index (χ1n) is 14.7. The number of hydrogen-bond donors (Lipinski definition) is 2. The molecule has 0 fully saturated rings. The van der Waals surface area contributed by atoms with Crippen LogP contribution in [0.15, 0.2) is 78.9 Å². The monoisotopic (exact) mass is 617 g/mol. The van der Waals surface area contributed by atoms with Crippen LogP contribution in [0.2, 0.25) is 0 Å². The molecule has 11 heteroatoms. The van der Waals surface area contributed by atoms with Gasteiger partial charge in [-0.05, 0) is 48.6 Å². The van der Waals surface area contributed by atoms with Crippen molar-refractivity contribution in [2.24, 2.45) is 0 Å². The molecular weight excluding hydrogens is 578 g/mol. The molecule has 1 aliphatic carbocycles. The van der Waals surface area contributed by atoms with Crippen molar-refractivity contribution in [3.8, 4) is 11.1 Å². The predicted molar refractivity (Wildman–Crippen MR) is 166 cm³/mol. The van der Waals surface area contributed by atoms with E-state index >= 15 is 0 Å². The fourth-order valence-corrected chi connectivity index (χ4v) is 5.00. The van der Waals surface area contributed by atoms with E-state index in [0.717, 1.165) is 27.8 Å². The first-order valence-corrected chi connectivity index (χ1v) is 14.7. The maximum atomic E-state index is 13.2. The summed E-state index contributed by atoms with van der Waals surface area (Å²) in [6.07, 6.45) is -2.27. The molecule has 4 rings (SSSR count). The highest BCUT2D eigenvalue weighted by molar-refractivity contribution is 5.82. The summed E-state index contributed by atoms with van der Waals surface area (Å²) in [6.45, 7) is 4.79. The van der Waals surface area contributed by atoms with Gasteiger partial charge in [0.2, 0.25) is 0 Å². The van der Waals surface area contributed by atoms with E-state index < -0.39 is 35.9 Å². The number of methoxy groups -OCH3 is 1. The maximum absolute atomic E-state index is 13.2. The third-order valence-corrected chi connectivity index (χ3v) is 7.04. The van der Waals surface area contributed by atoms with Crippen LogP contribution in [-0.4, -0.2) is 74.1 Å². The fraction of sp³-hybridized carbons (Fsp3) is 0.353. The second kappa shape index (κ2) is 15.1. The quantitative estimate of drug-likeness (QED) is 0.221. The number of benzene rings is 3. The summed E-state index contributed by atoms with van der Waals surface area (Å²) in [6, 6.07) is 23.9. The van der Waals surface area contributed by atoms with E-state index in [1.165, 1.54) is 12.0 Å². The highest BCUT2D eigenvalue weighted by Crippen LogP contribution is 2.44. The standard InChI is InChI=1S/C34H39N3O8/c1-34(2,3)45-32(40)36-29(30(38)42-4)20-37(33(41)44-21-23-12-6-5-7-13-23)19-18-35-31(39)43-22-28-26-16-10-8-14-24(26)25-15-9-11-17-27(25)28/h5-17,28-29H,18-22H2,1-4H3,(H,35,39)(H,36,40). The van der Waals surface area contributed by atoms with Crippen LogP contribution in [0.5, 0.6) is 0 Å². The van der Waals surface area contributed by atoms with Crippen molar-refractivity contribution in [2.45, 2.75) is 44.9 Å². The number of ether oxygens (including phenoxy) is 4. The molecule has 0 aliphatic heterocycles. The first-order chi connectivity index (χ1) is 21.6. The van der Waals surface area contributed by atoms with Crippen LogP contribution in [0.25, 0.3) is 11.1 Å². The Morgan fingerprint density at radius 3 is 2.02 bits per heavy atom. The van der Waals surface area contributed by atoms with E-state index in [1.807, 2.05) is 54.6 Å². The predicted octanol–water partition coefficient (Wildman–Crippen LogP) is 5.23.